The van der Waals surface area contributed by atoms with Crippen LogP contribution in [0.25, 0.3) is 0 Å². The van der Waals surface area contributed by atoms with Crippen LogP contribution in [0.5, 0.6) is 0 Å². The summed E-state index contributed by atoms with van der Waals surface area (Å²) in [4.78, 5) is 14.4. The lowest BCUT2D eigenvalue weighted by molar-refractivity contribution is -0.0292. The Morgan fingerprint density at radius 3 is 2.58 bits per heavy atom. The molecular weight excluding hydrogens is 328 g/mol. The molecule has 1 N–H and O–H groups in total. The highest BCUT2D eigenvalue weighted by molar-refractivity contribution is 7.88. The second-order valence-electron chi connectivity index (χ2n) is 6.87. The molecule has 6 nitrogen and oxygen atoms in total. The number of carbonyl (C=O) groups is 1. The van der Waals surface area contributed by atoms with Gasteiger partial charge in [-0.3, -0.25) is 4.79 Å². The largest absolute Gasteiger partial charge is 0.389 e. The number of likely N-dealkylation sites (tertiary alicyclic amines) is 1. The first-order valence-corrected chi connectivity index (χ1v) is 10.1. The van der Waals surface area contributed by atoms with Crippen molar-refractivity contribution < 1.29 is 18.3 Å². The Kier molecular flexibility index (Phi) is 4.44. The van der Waals surface area contributed by atoms with E-state index in [2.05, 4.69) is 0 Å². The number of carbonyl (C=O) groups excluding carboxylic acids is 1. The summed E-state index contributed by atoms with van der Waals surface area (Å²) in [6.45, 7) is 2.95. The van der Waals surface area contributed by atoms with Gasteiger partial charge >= 0.3 is 0 Å². The fraction of sp³-hybridized carbons (Fsp3) is 0.588. The molecule has 24 heavy (non-hydrogen) atoms. The Hall–Kier alpha value is -1.44. The standard InChI is InChI=1S/C17H24N2O4S/c1-13-6-3-4-7-14(13)16(21)18-11-9-17(15(20)12-18)8-5-10-19(17)24(2,22)23/h3-4,6-7,15,20H,5,8-12H2,1-2H3/t15-,17-/m0/s1. The Bertz CT molecular complexity index is 749. The van der Waals surface area contributed by atoms with E-state index in [0.29, 0.717) is 31.5 Å². The number of aliphatic hydroxyl groups excluding tert-OH is 1. The van der Waals surface area contributed by atoms with E-state index in [1.165, 1.54) is 10.6 Å². The van der Waals surface area contributed by atoms with Crippen molar-refractivity contribution in [3.05, 3.63) is 35.4 Å². The molecule has 1 aromatic carbocycles. The third kappa shape index (κ3) is 2.85. The van der Waals surface area contributed by atoms with Crippen LogP contribution in [0.1, 0.15) is 35.2 Å². The van der Waals surface area contributed by atoms with Crippen molar-refractivity contribution in [2.24, 2.45) is 0 Å². The van der Waals surface area contributed by atoms with Gasteiger partial charge in [0.05, 0.1) is 17.9 Å². The molecule has 2 saturated heterocycles. The molecule has 3 rings (SSSR count). The maximum absolute atomic E-state index is 12.7. The second kappa shape index (κ2) is 6.13. The lowest BCUT2D eigenvalue weighted by Crippen LogP contribution is -2.63. The van der Waals surface area contributed by atoms with Gasteiger partial charge in [-0.25, -0.2) is 8.42 Å². The minimum absolute atomic E-state index is 0.106. The Morgan fingerprint density at radius 1 is 1.25 bits per heavy atom. The maximum Gasteiger partial charge on any atom is 0.254 e. The van der Waals surface area contributed by atoms with Gasteiger partial charge < -0.3 is 10.0 Å². The zero-order valence-electron chi connectivity index (χ0n) is 14.1. The average molecular weight is 352 g/mol. The maximum atomic E-state index is 12.7. The number of piperidine rings is 1. The highest BCUT2D eigenvalue weighted by Crippen LogP contribution is 2.40. The van der Waals surface area contributed by atoms with Crippen molar-refractivity contribution in [2.75, 3.05) is 25.9 Å². The SMILES string of the molecule is Cc1ccccc1C(=O)N1CC[C@@]2(CCCN2S(C)(=O)=O)[C@@H](O)C1. The molecular formula is C17H24N2O4S. The van der Waals surface area contributed by atoms with Crippen molar-refractivity contribution in [3.8, 4) is 0 Å². The summed E-state index contributed by atoms with van der Waals surface area (Å²) in [7, 11) is -3.37. The van der Waals surface area contributed by atoms with Gasteiger partial charge in [0.15, 0.2) is 0 Å². The fourth-order valence-electron chi connectivity index (χ4n) is 4.09. The number of β-amino-alcohol motifs (C(OH)–C–C–N with tert-alkyl or cyclic N) is 1. The van der Waals surface area contributed by atoms with Crippen molar-refractivity contribution in [1.29, 1.82) is 0 Å². The van der Waals surface area contributed by atoms with Crippen LogP contribution in [0.2, 0.25) is 0 Å². The molecule has 0 aromatic heterocycles. The highest BCUT2D eigenvalue weighted by atomic mass is 32.2. The molecule has 2 atom stereocenters. The topological polar surface area (TPSA) is 77.9 Å². The normalized spacial score (nSPS) is 28.5. The third-order valence-electron chi connectivity index (χ3n) is 5.36. The van der Waals surface area contributed by atoms with Crippen LogP contribution in [-0.2, 0) is 10.0 Å². The zero-order chi connectivity index (χ0) is 17.5. The van der Waals surface area contributed by atoms with Gasteiger partial charge in [0, 0.05) is 25.2 Å². The van der Waals surface area contributed by atoms with Gasteiger partial charge in [-0.05, 0) is 37.8 Å². The minimum Gasteiger partial charge on any atom is -0.389 e. The van der Waals surface area contributed by atoms with Gasteiger partial charge in [0.25, 0.3) is 5.91 Å². The van der Waals surface area contributed by atoms with Crippen LogP contribution in [-0.4, -0.2) is 66.2 Å². The van der Waals surface area contributed by atoms with Gasteiger partial charge in [0.1, 0.15) is 0 Å². The molecule has 1 amide bonds. The monoisotopic (exact) mass is 352 g/mol. The summed E-state index contributed by atoms with van der Waals surface area (Å²) in [5.41, 5.74) is 0.777. The van der Waals surface area contributed by atoms with E-state index in [0.717, 1.165) is 12.0 Å². The molecule has 0 unspecified atom stereocenters. The Balaban J connectivity index is 1.81. The molecule has 0 saturated carbocycles. The summed E-state index contributed by atoms with van der Waals surface area (Å²) in [6, 6.07) is 7.38. The number of amides is 1. The molecule has 7 heteroatoms. The first kappa shape index (κ1) is 17.4. The number of aryl methyl sites for hydroxylation is 1. The molecule has 0 radical (unpaired) electrons. The number of benzene rings is 1. The van der Waals surface area contributed by atoms with Crippen molar-refractivity contribution in [3.63, 3.8) is 0 Å². The number of hydrogen-bond acceptors (Lipinski definition) is 4. The predicted octanol–water partition coefficient (Wildman–Crippen LogP) is 0.996. The number of nitrogens with zero attached hydrogens (tertiary/aromatic N) is 2. The van der Waals surface area contributed by atoms with Crippen LogP contribution in [0.3, 0.4) is 0 Å². The van der Waals surface area contributed by atoms with Gasteiger partial charge in [-0.15, -0.1) is 0 Å². The summed E-state index contributed by atoms with van der Waals surface area (Å²) >= 11 is 0. The molecule has 2 fully saturated rings. The van der Waals surface area contributed by atoms with Gasteiger partial charge in [-0.1, -0.05) is 18.2 Å². The first-order chi connectivity index (χ1) is 11.3. The minimum atomic E-state index is -3.37. The van der Waals surface area contributed by atoms with E-state index >= 15 is 0 Å². The van der Waals surface area contributed by atoms with E-state index < -0.39 is 21.7 Å². The van der Waals surface area contributed by atoms with Crippen molar-refractivity contribution in [2.45, 2.75) is 37.8 Å². The molecule has 132 valence electrons. The number of rotatable bonds is 2. The van der Waals surface area contributed by atoms with E-state index in [1.54, 1.807) is 11.0 Å². The second-order valence-corrected chi connectivity index (χ2v) is 8.78. The average Bonchev–Trinajstić information content (AvgIpc) is 2.95. The molecule has 1 aromatic rings. The van der Waals surface area contributed by atoms with Gasteiger partial charge in [0.2, 0.25) is 10.0 Å². The smallest absolute Gasteiger partial charge is 0.254 e. The highest BCUT2D eigenvalue weighted by Gasteiger charge is 2.53. The number of sulfonamides is 1. The van der Waals surface area contributed by atoms with Crippen molar-refractivity contribution in [1.82, 2.24) is 9.21 Å². The molecule has 2 aliphatic rings. The molecule has 1 spiro atoms. The molecule has 0 bridgehead atoms. The summed E-state index contributed by atoms with van der Waals surface area (Å²) in [5.74, 6) is -0.106. The van der Waals surface area contributed by atoms with Crippen LogP contribution in [0.15, 0.2) is 24.3 Å². The zero-order valence-corrected chi connectivity index (χ0v) is 14.9. The summed E-state index contributed by atoms with van der Waals surface area (Å²) in [6.07, 6.45) is 2.19. The number of aliphatic hydroxyl groups is 1. The van der Waals surface area contributed by atoms with E-state index in [1.807, 2.05) is 25.1 Å². The molecule has 2 aliphatic heterocycles. The van der Waals surface area contributed by atoms with Crippen LogP contribution in [0, 0.1) is 6.92 Å². The van der Waals surface area contributed by atoms with Crippen molar-refractivity contribution >= 4 is 15.9 Å². The lowest BCUT2D eigenvalue weighted by Gasteiger charge is -2.47. The fourth-order valence-corrected chi connectivity index (χ4v) is 5.51. The molecule has 2 heterocycles. The molecule has 0 aliphatic carbocycles. The van der Waals surface area contributed by atoms with Crippen LogP contribution in [0.4, 0.5) is 0 Å². The predicted molar refractivity (Wildman–Crippen MR) is 91.2 cm³/mol. The quantitative estimate of drug-likeness (QED) is 0.861. The van der Waals surface area contributed by atoms with Crippen LogP contribution < -0.4 is 0 Å². The Labute approximate surface area is 143 Å². The third-order valence-corrected chi connectivity index (χ3v) is 6.71. The first-order valence-electron chi connectivity index (χ1n) is 8.26. The van der Waals surface area contributed by atoms with E-state index in [9.17, 15) is 18.3 Å². The van der Waals surface area contributed by atoms with E-state index in [4.69, 9.17) is 0 Å². The van der Waals surface area contributed by atoms with Gasteiger partial charge in [-0.2, -0.15) is 4.31 Å². The summed E-state index contributed by atoms with van der Waals surface area (Å²) < 4.78 is 25.6. The summed E-state index contributed by atoms with van der Waals surface area (Å²) in [5, 5.41) is 10.7. The van der Waals surface area contributed by atoms with Crippen LogP contribution >= 0.6 is 0 Å². The lowest BCUT2D eigenvalue weighted by atomic mass is 9.83. The van der Waals surface area contributed by atoms with E-state index in [-0.39, 0.29) is 12.5 Å². The Morgan fingerprint density at radius 2 is 1.96 bits per heavy atom. The number of hydrogen-bond donors (Lipinski definition) is 1.